The summed E-state index contributed by atoms with van der Waals surface area (Å²) in [6.45, 7) is 0. The number of rotatable bonds is 10. The van der Waals surface area contributed by atoms with E-state index in [2.05, 4.69) is 10.6 Å². The van der Waals surface area contributed by atoms with Gasteiger partial charge in [0.1, 0.15) is 21.3 Å². The largest absolute Gasteiger partial charge is 0.506 e. The van der Waals surface area contributed by atoms with Crippen LogP contribution in [0.4, 0.5) is 38.9 Å². The minimum absolute atomic E-state index is 0.0854. The number of nitrogens with zero attached hydrogens (tertiary/aromatic N) is 2. The van der Waals surface area contributed by atoms with Gasteiger partial charge in [-0.1, -0.05) is 36.4 Å². The van der Waals surface area contributed by atoms with E-state index in [1.54, 1.807) is 12.1 Å². The number of benzene rings is 6. The van der Waals surface area contributed by atoms with Gasteiger partial charge in [0.25, 0.3) is 20.2 Å². The predicted octanol–water partition coefficient (Wildman–Crippen LogP) is 6.13. The molecule has 4 amide bonds. The SMILES string of the molecule is O=CN(c1ccc(NC(=O)Nc2ccc(N(C=O)c3c(O)ccc4cccc(S(=O)(=O)O)c34)cc2)cc1)c1c(O)ccc2cccc(S(=O)(=O)O)c12. The Hall–Kier alpha value is -6.53. The molecule has 6 aromatic rings. The van der Waals surface area contributed by atoms with Crippen molar-refractivity contribution in [1.82, 2.24) is 0 Å². The summed E-state index contributed by atoms with van der Waals surface area (Å²) in [5.41, 5.74) is 0.543. The number of nitrogens with one attached hydrogen (secondary N) is 2. The fraction of sp³-hybridized carbons (Fsp3) is 0. The molecule has 0 aliphatic carbocycles. The average molecular weight is 743 g/mol. The second kappa shape index (κ2) is 13.6. The monoisotopic (exact) mass is 742 g/mol. The van der Waals surface area contributed by atoms with Crippen molar-refractivity contribution in [2.75, 3.05) is 20.4 Å². The third-order valence-electron chi connectivity index (χ3n) is 7.97. The van der Waals surface area contributed by atoms with Crippen molar-refractivity contribution in [3.63, 3.8) is 0 Å². The quantitative estimate of drug-likeness (QED) is 0.0690. The Morgan fingerprint density at radius 1 is 0.538 bits per heavy atom. The lowest BCUT2D eigenvalue weighted by Crippen LogP contribution is -2.20. The molecule has 6 N–H and O–H groups in total. The predicted molar refractivity (Wildman–Crippen MR) is 193 cm³/mol. The van der Waals surface area contributed by atoms with Crippen molar-refractivity contribution in [1.29, 1.82) is 0 Å². The van der Waals surface area contributed by atoms with E-state index in [0.29, 0.717) is 23.6 Å². The first-order valence-corrected chi connectivity index (χ1v) is 17.8. The van der Waals surface area contributed by atoms with Crippen LogP contribution in [0.15, 0.2) is 119 Å². The summed E-state index contributed by atoms with van der Waals surface area (Å²) in [5.74, 6) is -0.868. The molecule has 0 atom stereocenters. The molecule has 0 unspecified atom stereocenters. The number of aromatic hydroxyl groups is 2. The molecular weight excluding hydrogens is 717 g/mol. The van der Waals surface area contributed by atoms with Crippen LogP contribution in [0.25, 0.3) is 21.5 Å². The molecule has 264 valence electrons. The van der Waals surface area contributed by atoms with Gasteiger partial charge in [0.05, 0.1) is 11.4 Å². The van der Waals surface area contributed by atoms with Crippen molar-refractivity contribution < 1.29 is 50.5 Å². The zero-order valence-corrected chi connectivity index (χ0v) is 28.0. The molecule has 0 fully saturated rings. The summed E-state index contributed by atoms with van der Waals surface area (Å²) >= 11 is 0. The van der Waals surface area contributed by atoms with E-state index in [-0.39, 0.29) is 44.9 Å². The Kier molecular flexibility index (Phi) is 9.26. The van der Waals surface area contributed by atoms with E-state index in [1.807, 2.05) is 0 Å². The van der Waals surface area contributed by atoms with E-state index in [1.165, 1.54) is 84.9 Å². The topological polar surface area (TPSA) is 231 Å². The van der Waals surface area contributed by atoms with E-state index >= 15 is 0 Å². The zero-order chi connectivity index (χ0) is 37.4. The highest BCUT2D eigenvalue weighted by Gasteiger charge is 2.25. The Morgan fingerprint density at radius 2 is 0.904 bits per heavy atom. The van der Waals surface area contributed by atoms with Crippen molar-refractivity contribution in [2.45, 2.75) is 9.79 Å². The number of hydrogen-bond acceptors (Lipinski definition) is 9. The molecule has 0 saturated heterocycles. The van der Waals surface area contributed by atoms with Crippen LogP contribution >= 0.6 is 0 Å². The molecule has 17 heteroatoms. The fourth-order valence-corrected chi connectivity index (χ4v) is 7.19. The smallest absolute Gasteiger partial charge is 0.323 e. The summed E-state index contributed by atoms with van der Waals surface area (Å²) in [5, 5.41) is 27.1. The van der Waals surface area contributed by atoms with Gasteiger partial charge in [-0.3, -0.25) is 28.5 Å². The van der Waals surface area contributed by atoms with Crippen molar-refractivity contribution in [2.24, 2.45) is 0 Å². The van der Waals surface area contributed by atoms with Gasteiger partial charge in [-0.15, -0.1) is 0 Å². The van der Waals surface area contributed by atoms with Gasteiger partial charge in [0, 0.05) is 33.5 Å². The molecule has 0 heterocycles. The Bertz CT molecular complexity index is 2440. The standard InChI is InChI=1S/C35H26N4O11S2/c40-19-38(33-27(42)17-7-21-3-1-5-29(31(21)33)51(45,46)47)25-13-9-23(10-14-25)36-35(44)37-24-11-15-26(16-12-24)39(20-41)34-28(43)18-8-22-4-2-6-30(32(22)34)52(48,49)50/h1-20,42-43H,(H2,36,37,44)(H,45,46,47)(H,48,49,50). The number of urea groups is 1. The van der Waals surface area contributed by atoms with Crippen LogP contribution in [0.1, 0.15) is 0 Å². The highest BCUT2D eigenvalue weighted by molar-refractivity contribution is 7.86. The van der Waals surface area contributed by atoms with Gasteiger partial charge in [-0.2, -0.15) is 16.8 Å². The number of phenolic OH excluding ortho intramolecular Hbond substituents is 2. The fourth-order valence-electron chi connectivity index (χ4n) is 5.74. The summed E-state index contributed by atoms with van der Waals surface area (Å²) in [4.78, 5) is 38.3. The first-order valence-electron chi connectivity index (χ1n) is 14.9. The maximum Gasteiger partial charge on any atom is 0.323 e. The molecule has 6 aromatic carbocycles. The van der Waals surface area contributed by atoms with Gasteiger partial charge in [0.15, 0.2) is 0 Å². The first-order chi connectivity index (χ1) is 24.7. The molecule has 0 bridgehead atoms. The van der Waals surface area contributed by atoms with Crippen LogP contribution < -0.4 is 20.4 Å². The molecule has 15 nitrogen and oxygen atoms in total. The molecule has 0 aromatic heterocycles. The molecule has 0 aliphatic rings. The minimum atomic E-state index is -4.74. The van der Waals surface area contributed by atoms with Gasteiger partial charge in [-0.25, -0.2) is 4.79 Å². The number of phenols is 2. The normalized spacial score (nSPS) is 11.6. The second-order valence-electron chi connectivity index (χ2n) is 11.1. The molecular formula is C35H26N4O11S2. The number of hydrogen-bond donors (Lipinski definition) is 6. The van der Waals surface area contributed by atoms with E-state index < -0.39 is 47.6 Å². The molecule has 0 radical (unpaired) electrons. The van der Waals surface area contributed by atoms with Crippen LogP contribution in [-0.2, 0) is 29.8 Å². The van der Waals surface area contributed by atoms with Crippen LogP contribution in [-0.4, -0.2) is 55.0 Å². The highest BCUT2D eigenvalue weighted by atomic mass is 32.2. The lowest BCUT2D eigenvalue weighted by Gasteiger charge is -2.22. The third-order valence-corrected chi connectivity index (χ3v) is 9.76. The Labute approximate surface area is 295 Å². The number of anilines is 6. The van der Waals surface area contributed by atoms with E-state index in [0.717, 1.165) is 21.9 Å². The van der Waals surface area contributed by atoms with Gasteiger partial charge >= 0.3 is 6.03 Å². The number of fused-ring (bicyclic) bond motifs is 2. The van der Waals surface area contributed by atoms with Crippen molar-refractivity contribution in [3.05, 3.63) is 109 Å². The van der Waals surface area contributed by atoms with Gasteiger partial charge < -0.3 is 20.8 Å². The van der Waals surface area contributed by atoms with Crippen LogP contribution in [0, 0.1) is 0 Å². The number of carbonyl (C=O) groups is 3. The minimum Gasteiger partial charge on any atom is -0.506 e. The van der Waals surface area contributed by atoms with Crippen LogP contribution in [0.5, 0.6) is 11.5 Å². The van der Waals surface area contributed by atoms with E-state index in [4.69, 9.17) is 0 Å². The summed E-state index contributed by atoms with van der Waals surface area (Å²) in [6, 6.07) is 24.4. The molecule has 0 spiro atoms. The van der Waals surface area contributed by atoms with Crippen molar-refractivity contribution >= 4 is 94.8 Å². The Balaban J connectivity index is 1.21. The van der Waals surface area contributed by atoms with Crippen LogP contribution in [0.2, 0.25) is 0 Å². The maximum absolute atomic E-state index is 12.8. The molecule has 52 heavy (non-hydrogen) atoms. The summed E-state index contributed by atoms with van der Waals surface area (Å²) < 4.78 is 68.1. The second-order valence-corrected chi connectivity index (χ2v) is 13.9. The first kappa shape index (κ1) is 35.3. The number of amides is 4. The third kappa shape index (κ3) is 6.79. The van der Waals surface area contributed by atoms with Gasteiger partial charge in [0.2, 0.25) is 12.8 Å². The molecule has 6 rings (SSSR count). The van der Waals surface area contributed by atoms with Crippen LogP contribution in [0.3, 0.4) is 0 Å². The zero-order valence-electron chi connectivity index (χ0n) is 26.4. The van der Waals surface area contributed by atoms with E-state index in [9.17, 15) is 50.5 Å². The molecule has 0 aliphatic heterocycles. The Morgan fingerprint density at radius 3 is 1.23 bits per heavy atom. The molecule has 0 saturated carbocycles. The van der Waals surface area contributed by atoms with Gasteiger partial charge in [-0.05, 0) is 83.6 Å². The highest BCUT2D eigenvalue weighted by Crippen LogP contribution is 2.43. The average Bonchev–Trinajstić information content (AvgIpc) is 3.10. The number of carbonyl (C=O) groups excluding carboxylic acids is 3. The maximum atomic E-state index is 12.8. The lowest BCUT2D eigenvalue weighted by atomic mass is 10.1. The summed E-state index contributed by atoms with van der Waals surface area (Å²) in [6.07, 6.45) is 0.712. The summed E-state index contributed by atoms with van der Waals surface area (Å²) in [7, 11) is -9.48. The lowest BCUT2D eigenvalue weighted by molar-refractivity contribution is -0.107. The van der Waals surface area contributed by atoms with Crippen molar-refractivity contribution in [3.8, 4) is 11.5 Å².